The molecule has 0 saturated carbocycles. The zero-order chi connectivity index (χ0) is 24.4. The van der Waals surface area contributed by atoms with E-state index in [0.29, 0.717) is 23.2 Å². The average molecular weight is 538 g/mol. The Morgan fingerprint density at radius 2 is 1.73 bits per heavy atom. The van der Waals surface area contributed by atoms with Crippen LogP contribution >= 0.6 is 0 Å². The van der Waals surface area contributed by atoms with Crippen molar-refractivity contribution in [3.8, 4) is 11.5 Å². The van der Waals surface area contributed by atoms with Crippen molar-refractivity contribution >= 4 is 42.0 Å². The molecule has 8 nitrogen and oxygen atoms in total. The van der Waals surface area contributed by atoms with Gasteiger partial charge in [-0.3, -0.25) is 0 Å². The first kappa shape index (κ1) is 26.9. The van der Waals surface area contributed by atoms with Crippen LogP contribution in [0.15, 0.2) is 47.4 Å². The van der Waals surface area contributed by atoms with E-state index >= 15 is 0 Å². The first-order chi connectivity index (χ1) is 15.7. The quantitative estimate of drug-likeness (QED) is 0.252. The second-order valence-corrected chi connectivity index (χ2v) is 11.7. The van der Waals surface area contributed by atoms with Crippen LogP contribution in [0.4, 0.5) is 0 Å². The minimum absolute atomic E-state index is 0.0297. The van der Waals surface area contributed by atoms with E-state index in [2.05, 4.69) is 6.92 Å². The van der Waals surface area contributed by atoms with E-state index < -0.39 is 38.4 Å². The third-order valence-corrected chi connectivity index (χ3v) is 8.61. The predicted molar refractivity (Wildman–Crippen MR) is 129 cm³/mol. The van der Waals surface area contributed by atoms with Crippen LogP contribution < -0.4 is 14.2 Å². The molecule has 0 radical (unpaired) electrons. The number of sulfonamides is 1. The number of benzene rings is 2. The third-order valence-electron chi connectivity index (χ3n) is 4.85. The molecular formula is C23H31AsN2O6S. The Bertz CT molecular complexity index is 1060. The summed E-state index contributed by atoms with van der Waals surface area (Å²) in [6, 6.07) is 11.6. The molecule has 0 spiro atoms. The molecule has 180 valence electrons. The molecule has 0 fully saturated rings. The summed E-state index contributed by atoms with van der Waals surface area (Å²) >= 11 is -0.832. The van der Waals surface area contributed by atoms with Gasteiger partial charge in [0.1, 0.15) is 0 Å². The number of ether oxygens (including phenoxy) is 2. The summed E-state index contributed by atoms with van der Waals surface area (Å²) in [7, 11) is -4.20. The Labute approximate surface area is 202 Å². The van der Waals surface area contributed by atoms with Crippen molar-refractivity contribution < 1.29 is 27.5 Å². The molecule has 0 bridgehead atoms. The summed E-state index contributed by atoms with van der Waals surface area (Å²) in [6.07, 6.45) is 1.97. The molecule has 2 N–H and O–H groups in total. The second-order valence-electron chi connectivity index (χ2n) is 7.23. The van der Waals surface area contributed by atoms with Crippen LogP contribution in [-0.2, 0) is 19.6 Å². The van der Waals surface area contributed by atoms with Gasteiger partial charge in [-0.25, -0.2) is 0 Å². The van der Waals surface area contributed by atoms with Crippen molar-refractivity contribution in [2.45, 2.75) is 43.7 Å². The number of hydrogen-bond donors (Lipinski definition) is 1. The van der Waals surface area contributed by atoms with Crippen LogP contribution in [0.3, 0.4) is 0 Å². The van der Waals surface area contributed by atoms with E-state index in [-0.39, 0.29) is 22.1 Å². The zero-order valence-corrected chi connectivity index (χ0v) is 22.1. The zero-order valence-electron chi connectivity index (χ0n) is 19.2. The van der Waals surface area contributed by atoms with Crippen LogP contribution in [0.1, 0.15) is 44.0 Å². The molecule has 1 unspecified atom stereocenters. The maximum atomic E-state index is 12.7. The molecule has 10 heteroatoms. The Morgan fingerprint density at radius 3 is 2.30 bits per heavy atom. The van der Waals surface area contributed by atoms with Gasteiger partial charge in [-0.2, -0.15) is 0 Å². The van der Waals surface area contributed by atoms with Crippen molar-refractivity contribution in [2.24, 2.45) is 5.14 Å². The van der Waals surface area contributed by atoms with Crippen LogP contribution in [0.5, 0.6) is 11.5 Å². The number of nitrogens with zero attached hydrogens (tertiary/aromatic N) is 1. The van der Waals surface area contributed by atoms with Crippen LogP contribution in [0.25, 0.3) is 0 Å². The van der Waals surface area contributed by atoms with Gasteiger partial charge in [-0.05, 0) is 0 Å². The van der Waals surface area contributed by atoms with E-state index in [1.54, 1.807) is 35.2 Å². The van der Waals surface area contributed by atoms with Crippen molar-refractivity contribution in [3.63, 3.8) is 0 Å². The fraction of sp³-hybridized carbons (Fsp3) is 0.391. The summed E-state index contributed by atoms with van der Waals surface area (Å²) in [5.74, 6) is -0.489. The normalized spacial score (nSPS) is 11.5. The molecule has 0 aliphatic rings. The van der Waals surface area contributed by atoms with Gasteiger partial charge in [0.05, 0.1) is 0 Å². The Morgan fingerprint density at radius 1 is 1.06 bits per heavy atom. The predicted octanol–water partition coefficient (Wildman–Crippen LogP) is 2.43. The first-order valence-electron chi connectivity index (χ1n) is 10.8. The summed E-state index contributed by atoms with van der Waals surface area (Å²) in [5, 5.41) is 6.39. The molecule has 0 aromatic heterocycles. The SMILES string of the molecule is CCCC[AsH]c1cc(C(=O)OCC(=O)N(CC)CC)cc(S(N)(=O)=O)c1Oc1ccccc1. The van der Waals surface area contributed by atoms with E-state index in [9.17, 15) is 18.0 Å². The van der Waals surface area contributed by atoms with E-state index in [1.165, 1.54) is 0 Å². The number of amides is 1. The van der Waals surface area contributed by atoms with Gasteiger partial charge < -0.3 is 0 Å². The van der Waals surface area contributed by atoms with E-state index in [1.807, 2.05) is 19.9 Å². The number of unbranched alkanes of at least 4 members (excludes halogenated alkanes) is 1. The van der Waals surface area contributed by atoms with Crippen LogP contribution in [0, 0.1) is 0 Å². The molecule has 2 aromatic carbocycles. The molecule has 0 heterocycles. The van der Waals surface area contributed by atoms with Gasteiger partial charge in [-0.15, -0.1) is 0 Å². The van der Waals surface area contributed by atoms with E-state index in [0.717, 1.165) is 24.1 Å². The molecule has 1 atom stereocenters. The molecule has 0 aliphatic carbocycles. The van der Waals surface area contributed by atoms with Crippen LogP contribution in [-0.4, -0.2) is 60.6 Å². The number of carbonyl (C=O) groups is 2. The number of esters is 1. The molecule has 1 amide bonds. The van der Waals surface area contributed by atoms with Gasteiger partial charge in [0.25, 0.3) is 0 Å². The number of rotatable bonds is 12. The van der Waals surface area contributed by atoms with Gasteiger partial charge in [0, 0.05) is 0 Å². The summed E-state index contributed by atoms with van der Waals surface area (Å²) in [5.41, 5.74) is 0.0297. The molecule has 33 heavy (non-hydrogen) atoms. The Hall–Kier alpha value is -2.35. The maximum absolute atomic E-state index is 12.7. The van der Waals surface area contributed by atoms with Crippen molar-refractivity contribution in [1.29, 1.82) is 0 Å². The summed E-state index contributed by atoms with van der Waals surface area (Å²) < 4.78 is 36.7. The average Bonchev–Trinajstić information content (AvgIpc) is 2.79. The number of likely N-dealkylation sites (N-methyl/N-ethyl adjacent to an activating group) is 1. The van der Waals surface area contributed by atoms with Crippen molar-refractivity contribution in [1.82, 2.24) is 4.90 Å². The molecule has 2 rings (SSSR count). The van der Waals surface area contributed by atoms with Crippen LogP contribution in [0.2, 0.25) is 5.21 Å². The fourth-order valence-corrected chi connectivity index (χ4v) is 6.89. The first-order valence-corrected chi connectivity index (χ1v) is 14.9. The summed E-state index contributed by atoms with van der Waals surface area (Å²) in [6.45, 7) is 6.32. The molecule has 0 aliphatic heterocycles. The Kier molecular flexibility index (Phi) is 10.4. The van der Waals surface area contributed by atoms with Crippen molar-refractivity contribution in [3.05, 3.63) is 48.0 Å². The minimum atomic E-state index is -4.20. The molecule has 0 saturated heterocycles. The van der Waals surface area contributed by atoms with Gasteiger partial charge in [0.15, 0.2) is 0 Å². The summed E-state index contributed by atoms with van der Waals surface area (Å²) in [4.78, 5) is 26.2. The van der Waals surface area contributed by atoms with Gasteiger partial charge in [0.2, 0.25) is 0 Å². The molecule has 2 aromatic rings. The van der Waals surface area contributed by atoms with Gasteiger partial charge in [-0.1, -0.05) is 0 Å². The Balaban J connectivity index is 2.44. The monoisotopic (exact) mass is 538 g/mol. The third kappa shape index (κ3) is 7.87. The second kappa shape index (κ2) is 12.8. The molecular weight excluding hydrogens is 507 g/mol. The number of para-hydroxylation sites is 1. The fourth-order valence-electron chi connectivity index (χ4n) is 3.05. The van der Waals surface area contributed by atoms with E-state index in [4.69, 9.17) is 14.6 Å². The topological polar surface area (TPSA) is 116 Å². The van der Waals surface area contributed by atoms with Crippen molar-refractivity contribution in [2.75, 3.05) is 19.7 Å². The number of primary sulfonamides is 1. The number of nitrogens with two attached hydrogens (primary N) is 1. The van der Waals surface area contributed by atoms with Gasteiger partial charge >= 0.3 is 202 Å². The number of hydrogen-bond acceptors (Lipinski definition) is 6. The number of carbonyl (C=O) groups excluding carboxylic acids is 2. The standard InChI is InChI=1S/C23H31AsN2O6S/c1-4-7-13-24-19-14-17(23(28)31-16-21(27)26(5-2)6-3)15-20(33(25,29)30)22(19)32-18-11-9-8-10-12-18/h8-12,14-15,24H,4-7,13,16H2,1-3H3,(H2,25,29,30).